The fourth-order valence-corrected chi connectivity index (χ4v) is 3.39. The van der Waals surface area contributed by atoms with Crippen LogP contribution in [0.25, 0.3) is 0 Å². The predicted octanol–water partition coefficient (Wildman–Crippen LogP) is 4.74. The minimum Gasteiger partial charge on any atom is -0.324 e. The van der Waals surface area contributed by atoms with Crippen LogP contribution in [0.5, 0.6) is 0 Å². The van der Waals surface area contributed by atoms with E-state index in [9.17, 15) is 4.39 Å². The van der Waals surface area contributed by atoms with Crippen molar-refractivity contribution in [2.24, 2.45) is 17.6 Å². The van der Waals surface area contributed by atoms with Gasteiger partial charge < -0.3 is 5.73 Å². The number of aryl methyl sites for hydroxylation is 1. The van der Waals surface area contributed by atoms with Crippen molar-refractivity contribution in [3.8, 4) is 0 Å². The van der Waals surface area contributed by atoms with E-state index in [0.717, 1.165) is 11.5 Å². The van der Waals surface area contributed by atoms with E-state index in [-0.39, 0.29) is 11.9 Å². The molecule has 2 N–H and O–H groups in total. The normalized spacial score (nSPS) is 25.3. The van der Waals surface area contributed by atoms with Crippen molar-refractivity contribution in [1.29, 1.82) is 0 Å². The van der Waals surface area contributed by atoms with Crippen molar-refractivity contribution >= 4 is 0 Å². The highest BCUT2D eigenvalue weighted by Crippen LogP contribution is 2.37. The summed E-state index contributed by atoms with van der Waals surface area (Å²) < 4.78 is 13.3. The molecule has 1 nitrogen and oxygen atoms in total. The number of nitrogens with two attached hydrogens (primary N) is 1. The molecule has 1 aromatic carbocycles. The van der Waals surface area contributed by atoms with Crippen molar-refractivity contribution in [3.05, 3.63) is 35.1 Å². The lowest BCUT2D eigenvalue weighted by Crippen LogP contribution is -2.26. The van der Waals surface area contributed by atoms with Crippen LogP contribution in [0.1, 0.15) is 62.6 Å². The minimum absolute atomic E-state index is 0.0712. The summed E-state index contributed by atoms with van der Waals surface area (Å²) in [6.45, 7) is 4.07. The Bertz CT molecular complexity index is 408. The summed E-state index contributed by atoms with van der Waals surface area (Å²) in [6.07, 6.45) is 7.72. The van der Waals surface area contributed by atoms with Crippen molar-refractivity contribution in [2.45, 2.75) is 58.4 Å². The van der Waals surface area contributed by atoms with Crippen LogP contribution >= 0.6 is 0 Å². The largest absolute Gasteiger partial charge is 0.324 e. The molecule has 1 aliphatic rings. The molecule has 0 aliphatic heterocycles. The van der Waals surface area contributed by atoms with Gasteiger partial charge in [0.05, 0.1) is 0 Å². The number of hydrogen-bond acceptors (Lipinski definition) is 1. The maximum absolute atomic E-state index is 13.3. The van der Waals surface area contributed by atoms with Crippen molar-refractivity contribution < 1.29 is 4.39 Å². The van der Waals surface area contributed by atoms with Gasteiger partial charge in [-0.2, -0.15) is 0 Å². The number of halogens is 1. The van der Waals surface area contributed by atoms with Gasteiger partial charge in [0.25, 0.3) is 0 Å². The highest BCUT2D eigenvalue weighted by Gasteiger charge is 2.26. The summed E-state index contributed by atoms with van der Waals surface area (Å²) in [5.41, 5.74) is 8.18. The van der Waals surface area contributed by atoms with Crippen LogP contribution < -0.4 is 5.73 Å². The van der Waals surface area contributed by atoms with Gasteiger partial charge in [0.2, 0.25) is 0 Å². The molecule has 1 fully saturated rings. The lowest BCUT2D eigenvalue weighted by molar-refractivity contribution is 0.234. The number of benzene rings is 1. The van der Waals surface area contributed by atoms with E-state index in [1.54, 1.807) is 6.07 Å². The summed E-state index contributed by atoms with van der Waals surface area (Å²) in [6, 6.07) is 5.39. The van der Waals surface area contributed by atoms with E-state index in [4.69, 9.17) is 5.73 Å². The smallest absolute Gasteiger partial charge is 0.126 e. The van der Waals surface area contributed by atoms with Gasteiger partial charge in [-0.15, -0.1) is 0 Å². The molecule has 0 radical (unpaired) electrons. The second-order valence-electron chi connectivity index (χ2n) is 6.10. The van der Waals surface area contributed by atoms with Gasteiger partial charge in [-0.05, 0) is 48.8 Å². The molecule has 0 saturated heterocycles. The van der Waals surface area contributed by atoms with Gasteiger partial charge in [0.1, 0.15) is 5.82 Å². The molecule has 1 saturated carbocycles. The van der Waals surface area contributed by atoms with Crippen LogP contribution in [0.3, 0.4) is 0 Å². The second kappa shape index (κ2) is 6.51. The Kier molecular flexibility index (Phi) is 4.98. The van der Waals surface area contributed by atoms with Crippen molar-refractivity contribution in [1.82, 2.24) is 0 Å². The van der Waals surface area contributed by atoms with Crippen LogP contribution in [0.4, 0.5) is 4.39 Å². The van der Waals surface area contributed by atoms with E-state index in [1.807, 2.05) is 19.1 Å². The molecule has 0 heterocycles. The van der Waals surface area contributed by atoms with Crippen LogP contribution in [0.2, 0.25) is 0 Å². The first-order valence-corrected chi connectivity index (χ1v) is 7.63. The molecule has 106 valence electrons. The van der Waals surface area contributed by atoms with Crippen LogP contribution in [0, 0.1) is 24.6 Å². The Morgan fingerprint density at radius 2 is 1.95 bits per heavy atom. The monoisotopic (exact) mass is 263 g/mol. The Morgan fingerprint density at radius 3 is 2.53 bits per heavy atom. The quantitative estimate of drug-likeness (QED) is 0.834. The van der Waals surface area contributed by atoms with E-state index >= 15 is 0 Å². The summed E-state index contributed by atoms with van der Waals surface area (Å²) in [4.78, 5) is 0. The molecule has 0 amide bonds. The average molecular weight is 263 g/mol. The van der Waals surface area contributed by atoms with E-state index in [1.165, 1.54) is 38.5 Å². The zero-order chi connectivity index (χ0) is 13.8. The topological polar surface area (TPSA) is 26.0 Å². The third-order valence-corrected chi connectivity index (χ3v) is 4.66. The third kappa shape index (κ3) is 3.56. The fourth-order valence-electron chi connectivity index (χ4n) is 3.39. The molecular formula is C17H26FN. The standard InChI is InChI=1S/C17H26FN/c1-3-4-13-5-7-14(8-6-13)17(19)15-9-10-16(18)12(2)11-15/h9-11,13-14,17H,3-8,19H2,1-2H3. The molecule has 0 spiro atoms. The van der Waals surface area contributed by atoms with E-state index in [2.05, 4.69) is 6.92 Å². The van der Waals surface area contributed by atoms with Gasteiger partial charge in [-0.3, -0.25) is 0 Å². The first kappa shape index (κ1) is 14.5. The summed E-state index contributed by atoms with van der Waals surface area (Å²) in [5, 5.41) is 0. The molecule has 0 aromatic heterocycles. The molecule has 1 unspecified atom stereocenters. The molecule has 0 bridgehead atoms. The number of rotatable bonds is 4. The first-order valence-electron chi connectivity index (χ1n) is 7.63. The molecule has 19 heavy (non-hydrogen) atoms. The van der Waals surface area contributed by atoms with E-state index in [0.29, 0.717) is 11.5 Å². The van der Waals surface area contributed by atoms with Gasteiger partial charge in [0, 0.05) is 6.04 Å². The maximum Gasteiger partial charge on any atom is 0.126 e. The van der Waals surface area contributed by atoms with Crippen LogP contribution in [0.15, 0.2) is 18.2 Å². The summed E-state index contributed by atoms with van der Waals surface area (Å²) in [5.74, 6) is 1.34. The number of hydrogen-bond donors (Lipinski definition) is 1. The van der Waals surface area contributed by atoms with Gasteiger partial charge in [0.15, 0.2) is 0 Å². The lowest BCUT2D eigenvalue weighted by Gasteiger charge is -2.32. The van der Waals surface area contributed by atoms with Crippen molar-refractivity contribution in [3.63, 3.8) is 0 Å². The first-order chi connectivity index (χ1) is 9.11. The van der Waals surface area contributed by atoms with Crippen LogP contribution in [-0.4, -0.2) is 0 Å². The molecule has 2 heteroatoms. The summed E-state index contributed by atoms with van der Waals surface area (Å²) in [7, 11) is 0. The molecular weight excluding hydrogens is 237 g/mol. The lowest BCUT2D eigenvalue weighted by atomic mass is 9.75. The fraction of sp³-hybridized carbons (Fsp3) is 0.647. The second-order valence-corrected chi connectivity index (χ2v) is 6.10. The molecule has 1 aliphatic carbocycles. The predicted molar refractivity (Wildman–Crippen MR) is 78.4 cm³/mol. The van der Waals surface area contributed by atoms with Gasteiger partial charge in [-0.25, -0.2) is 4.39 Å². The van der Waals surface area contributed by atoms with Gasteiger partial charge >= 0.3 is 0 Å². The Hall–Kier alpha value is -0.890. The van der Waals surface area contributed by atoms with Crippen molar-refractivity contribution in [2.75, 3.05) is 0 Å². The zero-order valence-corrected chi connectivity index (χ0v) is 12.2. The zero-order valence-electron chi connectivity index (χ0n) is 12.2. The average Bonchev–Trinajstić information content (AvgIpc) is 2.42. The minimum atomic E-state index is -0.136. The highest BCUT2D eigenvalue weighted by molar-refractivity contribution is 5.26. The maximum atomic E-state index is 13.3. The third-order valence-electron chi connectivity index (χ3n) is 4.66. The van der Waals surface area contributed by atoms with Crippen LogP contribution in [-0.2, 0) is 0 Å². The molecule has 1 atom stereocenters. The highest BCUT2D eigenvalue weighted by atomic mass is 19.1. The Balaban J connectivity index is 1.97. The molecule has 2 rings (SSSR count). The van der Waals surface area contributed by atoms with Gasteiger partial charge in [-0.1, -0.05) is 44.7 Å². The summed E-state index contributed by atoms with van der Waals surface area (Å²) >= 11 is 0. The Morgan fingerprint density at radius 1 is 1.26 bits per heavy atom. The SMILES string of the molecule is CCCC1CCC(C(N)c2ccc(F)c(C)c2)CC1. The van der Waals surface area contributed by atoms with E-state index < -0.39 is 0 Å². The molecule has 1 aromatic rings. The Labute approximate surface area is 116 Å².